The summed E-state index contributed by atoms with van der Waals surface area (Å²) >= 11 is 0. The number of nitrogens with two attached hydrogens (primary N) is 1. The Bertz CT molecular complexity index is 818. The molecule has 0 unspecified atom stereocenters. The van der Waals surface area contributed by atoms with Crippen LogP contribution in [0.4, 0.5) is 0 Å². The Morgan fingerprint density at radius 1 is 1.14 bits per heavy atom. The number of hydrogen-bond acceptors (Lipinski definition) is 3. The lowest BCUT2D eigenvalue weighted by Crippen LogP contribution is -2.40. The van der Waals surface area contributed by atoms with Crippen molar-refractivity contribution in [3.8, 4) is 5.75 Å². The topological polar surface area (TPSA) is 55.5 Å². The quantitative estimate of drug-likeness (QED) is 0.783. The van der Waals surface area contributed by atoms with Crippen LogP contribution in [0.1, 0.15) is 60.8 Å². The van der Waals surface area contributed by atoms with Gasteiger partial charge >= 0.3 is 0 Å². The first-order valence-corrected chi connectivity index (χ1v) is 10.8. The lowest BCUT2D eigenvalue weighted by Gasteiger charge is -2.26. The Kier molecular flexibility index (Phi) is 5.75. The van der Waals surface area contributed by atoms with E-state index >= 15 is 0 Å². The van der Waals surface area contributed by atoms with E-state index in [1.165, 1.54) is 35.1 Å². The lowest BCUT2D eigenvalue weighted by atomic mass is 9.79. The van der Waals surface area contributed by atoms with E-state index in [2.05, 4.69) is 36.4 Å². The van der Waals surface area contributed by atoms with Gasteiger partial charge < -0.3 is 15.6 Å². The van der Waals surface area contributed by atoms with Crippen LogP contribution in [0.2, 0.25) is 0 Å². The molecule has 0 spiro atoms. The van der Waals surface area contributed by atoms with Gasteiger partial charge in [-0.15, -0.1) is 0 Å². The highest BCUT2D eigenvalue weighted by Crippen LogP contribution is 2.40. The highest BCUT2D eigenvalue weighted by molar-refractivity contribution is 5.37. The van der Waals surface area contributed by atoms with E-state index in [1.807, 2.05) is 13.0 Å². The number of benzene rings is 2. The van der Waals surface area contributed by atoms with Gasteiger partial charge in [-0.05, 0) is 98.1 Å². The molecule has 1 saturated carbocycles. The molecule has 0 aliphatic heterocycles. The predicted octanol–water partition coefficient (Wildman–Crippen LogP) is 4.39. The van der Waals surface area contributed by atoms with E-state index in [0.29, 0.717) is 18.4 Å². The van der Waals surface area contributed by atoms with Gasteiger partial charge in [0, 0.05) is 5.54 Å². The summed E-state index contributed by atoms with van der Waals surface area (Å²) in [6, 6.07) is 15.7. The van der Waals surface area contributed by atoms with Crippen molar-refractivity contribution in [2.24, 2.45) is 11.7 Å². The maximum atomic E-state index is 9.55. The molecular formula is C25H33NO2. The van der Waals surface area contributed by atoms with Gasteiger partial charge in [0.1, 0.15) is 5.75 Å². The zero-order valence-corrected chi connectivity index (χ0v) is 17.0. The predicted molar refractivity (Wildman–Crippen MR) is 114 cm³/mol. The smallest absolute Gasteiger partial charge is 0.119 e. The first kappa shape index (κ1) is 19.5. The molecule has 2 aliphatic rings. The molecule has 2 aromatic carbocycles. The summed E-state index contributed by atoms with van der Waals surface area (Å²) in [4.78, 5) is 0. The third kappa shape index (κ3) is 4.26. The molecule has 1 fully saturated rings. The van der Waals surface area contributed by atoms with Crippen molar-refractivity contribution in [1.82, 2.24) is 0 Å². The van der Waals surface area contributed by atoms with Crippen LogP contribution < -0.4 is 10.5 Å². The molecular weight excluding hydrogens is 346 g/mol. The van der Waals surface area contributed by atoms with Gasteiger partial charge in [0.15, 0.2) is 0 Å². The van der Waals surface area contributed by atoms with Crippen LogP contribution in [0.15, 0.2) is 42.5 Å². The zero-order chi connectivity index (χ0) is 19.6. The highest BCUT2D eigenvalue weighted by atomic mass is 16.5. The minimum atomic E-state index is -0.373. The molecule has 28 heavy (non-hydrogen) atoms. The maximum absolute atomic E-state index is 9.55. The number of aryl methyl sites for hydroxylation is 1. The summed E-state index contributed by atoms with van der Waals surface area (Å²) in [6.45, 7) is 2.84. The zero-order valence-electron chi connectivity index (χ0n) is 17.0. The van der Waals surface area contributed by atoms with Gasteiger partial charge in [-0.25, -0.2) is 0 Å². The van der Waals surface area contributed by atoms with Crippen LogP contribution >= 0.6 is 0 Å². The van der Waals surface area contributed by atoms with E-state index in [9.17, 15) is 5.11 Å². The second-order valence-electron chi connectivity index (χ2n) is 8.88. The summed E-state index contributed by atoms with van der Waals surface area (Å²) in [6.07, 6.45) is 7.62. The minimum Gasteiger partial charge on any atom is -0.494 e. The fourth-order valence-electron chi connectivity index (χ4n) is 5.13. The monoisotopic (exact) mass is 379 g/mol. The van der Waals surface area contributed by atoms with Crippen molar-refractivity contribution in [3.05, 3.63) is 64.7 Å². The lowest BCUT2D eigenvalue weighted by molar-refractivity contribution is 0.198. The van der Waals surface area contributed by atoms with Gasteiger partial charge in [-0.3, -0.25) is 0 Å². The normalized spacial score (nSPS) is 26.8. The molecule has 4 rings (SSSR count). The molecule has 3 N–H and O–H groups in total. The molecule has 0 amide bonds. The highest BCUT2D eigenvalue weighted by Gasteiger charge is 2.36. The number of fused-ring (bicyclic) bond motifs is 1. The summed E-state index contributed by atoms with van der Waals surface area (Å²) in [5, 5.41) is 9.55. The summed E-state index contributed by atoms with van der Waals surface area (Å²) < 4.78 is 5.65. The third-order valence-corrected chi connectivity index (χ3v) is 6.72. The first-order valence-electron chi connectivity index (χ1n) is 10.8. The van der Waals surface area contributed by atoms with Crippen LogP contribution in [0.3, 0.4) is 0 Å². The third-order valence-electron chi connectivity index (χ3n) is 6.72. The Labute approximate surface area is 168 Å². The van der Waals surface area contributed by atoms with Crippen molar-refractivity contribution in [3.63, 3.8) is 0 Å². The molecule has 2 aliphatic carbocycles. The molecule has 2 aromatic rings. The first-order chi connectivity index (χ1) is 13.6. The summed E-state index contributed by atoms with van der Waals surface area (Å²) in [5.41, 5.74) is 11.7. The van der Waals surface area contributed by atoms with Crippen LogP contribution in [0.5, 0.6) is 5.75 Å². The van der Waals surface area contributed by atoms with Crippen LogP contribution in [-0.4, -0.2) is 23.9 Å². The second kappa shape index (κ2) is 8.26. The Balaban J connectivity index is 1.42. The summed E-state index contributed by atoms with van der Waals surface area (Å²) in [7, 11) is 0. The van der Waals surface area contributed by atoms with E-state index < -0.39 is 0 Å². The van der Waals surface area contributed by atoms with Crippen molar-refractivity contribution < 1.29 is 9.84 Å². The van der Waals surface area contributed by atoms with E-state index in [4.69, 9.17) is 10.5 Å². The molecule has 0 heterocycles. The van der Waals surface area contributed by atoms with E-state index in [0.717, 1.165) is 37.9 Å². The molecule has 150 valence electrons. The van der Waals surface area contributed by atoms with Crippen molar-refractivity contribution in [2.45, 2.75) is 63.3 Å². The number of ether oxygens (including phenoxy) is 1. The Hall–Kier alpha value is -1.84. The number of aliphatic hydroxyl groups excluding tert-OH is 1. The summed E-state index contributed by atoms with van der Waals surface area (Å²) in [5.74, 6) is 2.19. The Morgan fingerprint density at radius 2 is 2.04 bits per heavy atom. The van der Waals surface area contributed by atoms with Gasteiger partial charge in [0.2, 0.25) is 0 Å². The van der Waals surface area contributed by atoms with Gasteiger partial charge in [0.25, 0.3) is 0 Å². The van der Waals surface area contributed by atoms with E-state index in [1.54, 1.807) is 0 Å². The van der Waals surface area contributed by atoms with Gasteiger partial charge in [0.05, 0.1) is 13.2 Å². The van der Waals surface area contributed by atoms with Crippen LogP contribution in [0.25, 0.3) is 0 Å². The average molecular weight is 380 g/mol. The van der Waals surface area contributed by atoms with Crippen LogP contribution in [-0.2, 0) is 19.3 Å². The van der Waals surface area contributed by atoms with Crippen LogP contribution in [0, 0.1) is 5.92 Å². The molecule has 3 nitrogen and oxygen atoms in total. The van der Waals surface area contributed by atoms with Gasteiger partial charge in [-0.1, -0.05) is 30.3 Å². The fraction of sp³-hybridized carbons (Fsp3) is 0.520. The maximum Gasteiger partial charge on any atom is 0.119 e. The SMILES string of the molecule is CCOc1cccc(C[C@H]2CCc3cc([C@H]4CC[C@](N)(CO)C4)ccc3C2)c1. The largest absolute Gasteiger partial charge is 0.494 e. The average Bonchev–Trinajstić information content (AvgIpc) is 3.11. The molecule has 0 saturated heterocycles. The number of rotatable bonds is 6. The Morgan fingerprint density at radius 3 is 2.82 bits per heavy atom. The van der Waals surface area contributed by atoms with Crippen molar-refractivity contribution in [1.29, 1.82) is 0 Å². The second-order valence-corrected chi connectivity index (χ2v) is 8.88. The number of hydrogen-bond donors (Lipinski definition) is 2. The standard InChI is InChI=1S/C25H33NO2/c1-2-28-24-5-3-4-18(14-24)12-19-6-7-21-15-22(9-8-20(21)13-19)23-10-11-25(26,16-23)17-27/h3-5,8-9,14-15,19,23,27H,2,6-7,10-13,16-17,26H2,1H3/t19-,23+,25-/m1/s1. The molecule has 0 aromatic heterocycles. The number of aliphatic hydroxyl groups is 1. The van der Waals surface area contributed by atoms with Gasteiger partial charge in [-0.2, -0.15) is 0 Å². The fourth-order valence-corrected chi connectivity index (χ4v) is 5.13. The van der Waals surface area contributed by atoms with Crippen molar-refractivity contribution in [2.75, 3.05) is 13.2 Å². The minimum absolute atomic E-state index is 0.0978. The molecule has 0 radical (unpaired) electrons. The molecule has 0 bridgehead atoms. The van der Waals surface area contributed by atoms with E-state index in [-0.39, 0.29) is 12.1 Å². The van der Waals surface area contributed by atoms with Crippen molar-refractivity contribution >= 4 is 0 Å². The molecule has 3 heteroatoms. The molecule has 3 atom stereocenters.